The molecule has 2 rings (SSSR count). The Bertz CT molecular complexity index is 739. The van der Waals surface area contributed by atoms with E-state index in [1.54, 1.807) is 13.1 Å². The van der Waals surface area contributed by atoms with E-state index in [0.717, 1.165) is 18.1 Å². The maximum atomic E-state index is 10.8. The van der Waals surface area contributed by atoms with Crippen LogP contribution in [0.4, 0.5) is 0 Å². The lowest BCUT2D eigenvalue weighted by molar-refractivity contribution is -0.119. The third-order valence-electron chi connectivity index (χ3n) is 3.75. The molecule has 0 bridgehead atoms. The number of primary amides is 1. The summed E-state index contributed by atoms with van der Waals surface area (Å²) in [4.78, 5) is 17.2. The maximum absolute atomic E-state index is 10.8. The van der Waals surface area contributed by atoms with Crippen LogP contribution in [0, 0.1) is 0 Å². The normalized spacial score (nSPS) is 11.2. The van der Waals surface area contributed by atoms with Crippen molar-refractivity contribution in [1.82, 2.24) is 14.8 Å². The minimum atomic E-state index is -0.494. The largest absolute Gasteiger partial charge is 0.484 e. The van der Waals surface area contributed by atoms with Gasteiger partial charge in [0, 0.05) is 39.6 Å². The fourth-order valence-corrected chi connectivity index (χ4v) is 2.44. The first-order valence-corrected chi connectivity index (χ1v) is 8.01. The van der Waals surface area contributed by atoms with Crippen LogP contribution in [0.25, 0.3) is 0 Å². The molecule has 0 aliphatic rings. The van der Waals surface area contributed by atoms with E-state index >= 15 is 0 Å². The minimum Gasteiger partial charge on any atom is -0.484 e. The van der Waals surface area contributed by atoms with Crippen LogP contribution in [0.1, 0.15) is 11.3 Å². The molecule has 0 atom stereocenters. The molecule has 0 radical (unpaired) electrons. The molecule has 0 aliphatic carbocycles. The number of nitrogens with zero attached hydrogens (tertiary/aromatic N) is 3. The van der Waals surface area contributed by atoms with Gasteiger partial charge in [0.15, 0.2) is 12.6 Å². The number of ether oxygens (including phenoxy) is 1. The quantitative estimate of drug-likeness (QED) is 0.582. The number of carbonyl (C=O) groups is 1. The summed E-state index contributed by atoms with van der Waals surface area (Å²) in [7, 11) is 5.78. The first-order valence-electron chi connectivity index (χ1n) is 8.01. The lowest BCUT2D eigenvalue weighted by Gasteiger charge is -2.22. The van der Waals surface area contributed by atoms with E-state index < -0.39 is 5.91 Å². The van der Waals surface area contributed by atoms with Crippen molar-refractivity contribution >= 4 is 11.9 Å². The zero-order chi connectivity index (χ0) is 18.2. The van der Waals surface area contributed by atoms with Crippen molar-refractivity contribution in [1.29, 1.82) is 0 Å². The standard InChI is InChI=1S/C18H25N5O2/c1-20-18(23(3)12-15-7-5-9-22(15)2)21-11-14-6-4-8-16(10-14)25-13-17(19)24/h4-10H,11-13H2,1-3H3,(H2,19,24)(H,20,21). The van der Waals surface area contributed by atoms with Gasteiger partial charge in [0.25, 0.3) is 5.91 Å². The van der Waals surface area contributed by atoms with Crippen LogP contribution < -0.4 is 15.8 Å². The molecule has 0 aliphatic heterocycles. The summed E-state index contributed by atoms with van der Waals surface area (Å²) in [5.74, 6) is 0.918. The van der Waals surface area contributed by atoms with E-state index in [2.05, 4.69) is 25.8 Å². The third kappa shape index (κ3) is 5.56. The molecule has 0 spiro atoms. The zero-order valence-electron chi connectivity index (χ0n) is 14.9. The molecule has 0 saturated carbocycles. The van der Waals surface area contributed by atoms with E-state index in [4.69, 9.17) is 10.5 Å². The molecule has 134 valence electrons. The second kappa shape index (κ2) is 8.77. The minimum absolute atomic E-state index is 0.127. The summed E-state index contributed by atoms with van der Waals surface area (Å²) in [6, 6.07) is 11.6. The van der Waals surface area contributed by atoms with E-state index in [9.17, 15) is 4.79 Å². The van der Waals surface area contributed by atoms with Crippen molar-refractivity contribution in [2.75, 3.05) is 20.7 Å². The van der Waals surface area contributed by atoms with Crippen molar-refractivity contribution in [3.63, 3.8) is 0 Å². The molecular formula is C18H25N5O2. The van der Waals surface area contributed by atoms with Gasteiger partial charge in [0.2, 0.25) is 0 Å². The fraction of sp³-hybridized carbons (Fsp3) is 0.333. The number of rotatable bonds is 7. The summed E-state index contributed by atoms with van der Waals surface area (Å²) in [6.45, 7) is 1.22. The average molecular weight is 343 g/mol. The van der Waals surface area contributed by atoms with Gasteiger partial charge >= 0.3 is 0 Å². The number of nitrogens with two attached hydrogens (primary N) is 1. The van der Waals surface area contributed by atoms with Gasteiger partial charge in [-0.15, -0.1) is 0 Å². The highest BCUT2D eigenvalue weighted by atomic mass is 16.5. The van der Waals surface area contributed by atoms with Crippen molar-refractivity contribution in [3.8, 4) is 5.75 Å². The van der Waals surface area contributed by atoms with Gasteiger partial charge < -0.3 is 25.3 Å². The van der Waals surface area contributed by atoms with Crippen LogP contribution in [-0.2, 0) is 24.9 Å². The van der Waals surface area contributed by atoms with Crippen LogP contribution in [0.15, 0.2) is 47.6 Å². The zero-order valence-corrected chi connectivity index (χ0v) is 14.9. The molecule has 1 aromatic heterocycles. The van der Waals surface area contributed by atoms with Gasteiger partial charge in [-0.3, -0.25) is 9.79 Å². The number of hydrogen-bond donors (Lipinski definition) is 2. The van der Waals surface area contributed by atoms with Crippen LogP contribution in [0.5, 0.6) is 5.75 Å². The van der Waals surface area contributed by atoms with Crippen molar-refractivity contribution in [3.05, 3.63) is 53.9 Å². The Balaban J connectivity index is 1.93. The van der Waals surface area contributed by atoms with Gasteiger partial charge in [-0.25, -0.2) is 0 Å². The van der Waals surface area contributed by atoms with Crippen LogP contribution in [0.3, 0.4) is 0 Å². The van der Waals surface area contributed by atoms with E-state index in [-0.39, 0.29) is 6.61 Å². The van der Waals surface area contributed by atoms with Crippen LogP contribution >= 0.6 is 0 Å². The van der Waals surface area contributed by atoms with Gasteiger partial charge in [-0.1, -0.05) is 12.1 Å². The highest BCUT2D eigenvalue weighted by Crippen LogP contribution is 2.13. The van der Waals surface area contributed by atoms with E-state index in [1.165, 1.54) is 5.69 Å². The summed E-state index contributed by atoms with van der Waals surface area (Å²) < 4.78 is 7.41. The maximum Gasteiger partial charge on any atom is 0.255 e. The Morgan fingerprint density at radius 1 is 1.36 bits per heavy atom. The molecular weight excluding hydrogens is 318 g/mol. The Labute approximate surface area is 148 Å². The third-order valence-corrected chi connectivity index (χ3v) is 3.75. The molecule has 0 fully saturated rings. The number of hydrogen-bond acceptors (Lipinski definition) is 3. The molecule has 0 unspecified atom stereocenters. The first-order chi connectivity index (χ1) is 12.0. The Kier molecular flexibility index (Phi) is 6.45. The van der Waals surface area contributed by atoms with Gasteiger partial charge in [0.05, 0.1) is 6.54 Å². The lowest BCUT2D eigenvalue weighted by Crippen LogP contribution is -2.38. The van der Waals surface area contributed by atoms with Crippen molar-refractivity contribution < 1.29 is 9.53 Å². The topological polar surface area (TPSA) is 84.9 Å². The van der Waals surface area contributed by atoms with Crippen LogP contribution in [0.2, 0.25) is 0 Å². The SMILES string of the molecule is CN=C(NCc1cccc(OCC(N)=O)c1)N(C)Cc1cccn1C. The monoisotopic (exact) mass is 343 g/mol. The highest BCUT2D eigenvalue weighted by molar-refractivity contribution is 5.79. The predicted octanol–water partition coefficient (Wildman–Crippen LogP) is 1.10. The molecule has 7 nitrogen and oxygen atoms in total. The summed E-state index contributed by atoms with van der Waals surface area (Å²) in [5.41, 5.74) is 7.32. The molecule has 0 saturated heterocycles. The smallest absolute Gasteiger partial charge is 0.255 e. The van der Waals surface area contributed by atoms with E-state index in [1.807, 2.05) is 44.6 Å². The number of amides is 1. The summed E-state index contributed by atoms with van der Waals surface area (Å²) >= 11 is 0. The number of aliphatic imine (C=N–C) groups is 1. The molecule has 1 heterocycles. The highest BCUT2D eigenvalue weighted by Gasteiger charge is 2.08. The number of carbonyl (C=O) groups excluding carboxylic acids is 1. The molecule has 7 heteroatoms. The first kappa shape index (κ1) is 18.4. The molecule has 3 N–H and O–H groups in total. The van der Waals surface area contributed by atoms with Gasteiger partial charge in [-0.2, -0.15) is 0 Å². The number of benzene rings is 1. The van der Waals surface area contributed by atoms with Gasteiger partial charge in [0.1, 0.15) is 5.75 Å². The Morgan fingerprint density at radius 3 is 2.80 bits per heavy atom. The molecule has 1 aromatic carbocycles. The van der Waals surface area contributed by atoms with Crippen LogP contribution in [-0.4, -0.2) is 42.0 Å². The Morgan fingerprint density at radius 2 is 2.16 bits per heavy atom. The van der Waals surface area contributed by atoms with E-state index in [0.29, 0.717) is 12.3 Å². The number of aromatic nitrogens is 1. The summed E-state index contributed by atoms with van der Waals surface area (Å²) in [6.07, 6.45) is 2.02. The molecule has 25 heavy (non-hydrogen) atoms. The number of nitrogens with one attached hydrogen (secondary N) is 1. The summed E-state index contributed by atoms with van der Waals surface area (Å²) in [5, 5.41) is 3.33. The second-order valence-electron chi connectivity index (χ2n) is 5.77. The van der Waals surface area contributed by atoms with Gasteiger partial charge in [-0.05, 0) is 29.8 Å². The Hall–Kier alpha value is -2.96. The predicted molar refractivity (Wildman–Crippen MR) is 98.2 cm³/mol. The fourth-order valence-electron chi connectivity index (χ4n) is 2.44. The average Bonchev–Trinajstić information content (AvgIpc) is 2.99. The molecule has 1 amide bonds. The molecule has 2 aromatic rings. The lowest BCUT2D eigenvalue weighted by atomic mass is 10.2. The number of aryl methyl sites for hydroxylation is 1. The van der Waals surface area contributed by atoms with Crippen molar-refractivity contribution in [2.24, 2.45) is 17.8 Å². The second-order valence-corrected chi connectivity index (χ2v) is 5.77. The van der Waals surface area contributed by atoms with Crippen molar-refractivity contribution in [2.45, 2.75) is 13.1 Å². The number of guanidine groups is 1.